The lowest BCUT2D eigenvalue weighted by Gasteiger charge is -1.89. The first-order chi connectivity index (χ1) is 7.86. The number of hydrogen-bond acceptors (Lipinski definition) is 4. The molecule has 2 aromatic heterocycles. The maximum absolute atomic E-state index is 5.32. The predicted octanol–water partition coefficient (Wildman–Crippen LogP) is 1.08. The highest BCUT2D eigenvalue weighted by atomic mass is 14.6. The van der Waals surface area contributed by atoms with Crippen LogP contribution in [-0.4, -0.2) is 9.97 Å². The van der Waals surface area contributed by atoms with E-state index in [1.54, 1.807) is 24.8 Å². The van der Waals surface area contributed by atoms with Crippen LogP contribution in [0.2, 0.25) is 0 Å². The van der Waals surface area contributed by atoms with E-state index in [0.717, 1.165) is 11.1 Å². The highest BCUT2D eigenvalue weighted by Crippen LogP contribution is 1.91. The molecular weight excluding hydrogens is 200 g/mol. The van der Waals surface area contributed by atoms with Gasteiger partial charge in [-0.1, -0.05) is 6.07 Å². The molecule has 0 fully saturated rings. The fraction of sp³-hybridized carbons (Fsp3) is 0.167. The van der Waals surface area contributed by atoms with E-state index in [1.807, 2.05) is 24.3 Å². The minimum atomic E-state index is 0.577. The Balaban J connectivity index is 0.000000160. The first-order valence-electron chi connectivity index (χ1n) is 5.04. The SMILES string of the molecule is NCc1cccnc1.NCc1ccncc1. The second-order valence-corrected chi connectivity index (χ2v) is 3.12. The minimum absolute atomic E-state index is 0.577. The zero-order valence-corrected chi connectivity index (χ0v) is 9.08. The number of nitrogens with zero attached hydrogens (tertiary/aromatic N) is 2. The van der Waals surface area contributed by atoms with E-state index in [4.69, 9.17) is 11.5 Å². The lowest BCUT2D eigenvalue weighted by Crippen LogP contribution is -1.95. The number of pyridine rings is 2. The van der Waals surface area contributed by atoms with Crippen molar-refractivity contribution in [3.8, 4) is 0 Å². The molecule has 0 saturated heterocycles. The van der Waals surface area contributed by atoms with Crippen molar-refractivity contribution in [3.05, 3.63) is 60.2 Å². The van der Waals surface area contributed by atoms with Crippen molar-refractivity contribution < 1.29 is 0 Å². The average Bonchev–Trinajstić information content (AvgIpc) is 2.41. The van der Waals surface area contributed by atoms with Gasteiger partial charge in [0.25, 0.3) is 0 Å². The Bertz CT molecular complexity index is 335. The van der Waals surface area contributed by atoms with Gasteiger partial charge in [-0.25, -0.2) is 0 Å². The summed E-state index contributed by atoms with van der Waals surface area (Å²) in [6.45, 7) is 1.18. The quantitative estimate of drug-likeness (QED) is 0.787. The summed E-state index contributed by atoms with van der Waals surface area (Å²) in [6, 6.07) is 7.63. The van der Waals surface area contributed by atoms with Gasteiger partial charge in [0.1, 0.15) is 0 Å². The fourth-order valence-corrected chi connectivity index (χ4v) is 1.04. The van der Waals surface area contributed by atoms with E-state index in [-0.39, 0.29) is 0 Å². The van der Waals surface area contributed by atoms with Crippen molar-refractivity contribution in [1.82, 2.24) is 9.97 Å². The Morgan fingerprint density at radius 3 is 1.88 bits per heavy atom. The van der Waals surface area contributed by atoms with E-state index < -0.39 is 0 Å². The molecule has 0 atom stereocenters. The Kier molecular flexibility index (Phi) is 5.76. The van der Waals surface area contributed by atoms with Crippen LogP contribution in [0.4, 0.5) is 0 Å². The standard InChI is InChI=1S/2C6H8N2/c7-5-6-1-3-8-4-2-6;7-4-6-2-1-3-8-5-6/h1-4H,5,7H2;1-3,5H,4,7H2. The summed E-state index contributed by atoms with van der Waals surface area (Å²) < 4.78 is 0. The molecule has 2 heterocycles. The van der Waals surface area contributed by atoms with Crippen molar-refractivity contribution in [2.75, 3.05) is 0 Å². The molecule has 2 aromatic rings. The van der Waals surface area contributed by atoms with E-state index in [2.05, 4.69) is 9.97 Å². The van der Waals surface area contributed by atoms with E-state index in [1.165, 1.54) is 0 Å². The molecule has 4 nitrogen and oxygen atoms in total. The molecule has 4 N–H and O–H groups in total. The molecule has 16 heavy (non-hydrogen) atoms. The number of aromatic nitrogens is 2. The van der Waals surface area contributed by atoms with Gasteiger partial charge in [0.15, 0.2) is 0 Å². The maximum Gasteiger partial charge on any atom is 0.0312 e. The third-order valence-corrected chi connectivity index (χ3v) is 1.94. The summed E-state index contributed by atoms with van der Waals surface area (Å²) in [5.41, 5.74) is 12.8. The minimum Gasteiger partial charge on any atom is -0.326 e. The molecule has 84 valence electrons. The Morgan fingerprint density at radius 2 is 1.50 bits per heavy atom. The summed E-state index contributed by atoms with van der Waals surface area (Å²) in [5.74, 6) is 0. The molecule has 0 unspecified atom stereocenters. The topological polar surface area (TPSA) is 77.8 Å². The normalized spacial score (nSPS) is 9.12. The van der Waals surface area contributed by atoms with Crippen LogP contribution in [0.1, 0.15) is 11.1 Å². The Hall–Kier alpha value is -1.78. The van der Waals surface area contributed by atoms with Crippen LogP contribution < -0.4 is 11.5 Å². The molecular formula is C12H16N4. The molecule has 0 saturated carbocycles. The third-order valence-electron chi connectivity index (χ3n) is 1.94. The van der Waals surface area contributed by atoms with Gasteiger partial charge in [0, 0.05) is 37.9 Å². The van der Waals surface area contributed by atoms with Gasteiger partial charge >= 0.3 is 0 Å². The zero-order chi connectivity index (χ0) is 11.6. The summed E-state index contributed by atoms with van der Waals surface area (Å²) >= 11 is 0. The first-order valence-corrected chi connectivity index (χ1v) is 5.04. The van der Waals surface area contributed by atoms with Gasteiger partial charge in [-0.05, 0) is 29.3 Å². The van der Waals surface area contributed by atoms with Crippen molar-refractivity contribution in [2.45, 2.75) is 13.1 Å². The molecule has 0 aliphatic carbocycles. The highest BCUT2D eigenvalue weighted by Gasteiger charge is 1.81. The van der Waals surface area contributed by atoms with Gasteiger partial charge in [0.05, 0.1) is 0 Å². The van der Waals surface area contributed by atoms with E-state index >= 15 is 0 Å². The Labute approximate surface area is 95.3 Å². The van der Waals surface area contributed by atoms with E-state index in [0.29, 0.717) is 13.1 Å². The second kappa shape index (κ2) is 7.50. The van der Waals surface area contributed by atoms with Gasteiger partial charge in [-0.2, -0.15) is 0 Å². The van der Waals surface area contributed by atoms with Crippen molar-refractivity contribution in [3.63, 3.8) is 0 Å². The van der Waals surface area contributed by atoms with Crippen LogP contribution in [0.15, 0.2) is 49.1 Å². The van der Waals surface area contributed by atoms with Gasteiger partial charge in [-0.3, -0.25) is 9.97 Å². The second-order valence-electron chi connectivity index (χ2n) is 3.12. The summed E-state index contributed by atoms with van der Waals surface area (Å²) in [6.07, 6.45) is 6.98. The lowest BCUT2D eigenvalue weighted by molar-refractivity contribution is 1.05. The van der Waals surface area contributed by atoms with Crippen molar-refractivity contribution >= 4 is 0 Å². The van der Waals surface area contributed by atoms with Crippen molar-refractivity contribution in [2.24, 2.45) is 11.5 Å². The van der Waals surface area contributed by atoms with Gasteiger partial charge < -0.3 is 11.5 Å². The smallest absolute Gasteiger partial charge is 0.0312 e. The number of nitrogens with two attached hydrogens (primary N) is 2. The zero-order valence-electron chi connectivity index (χ0n) is 9.08. The van der Waals surface area contributed by atoms with Crippen LogP contribution in [0, 0.1) is 0 Å². The number of hydrogen-bond donors (Lipinski definition) is 2. The van der Waals surface area contributed by atoms with E-state index in [9.17, 15) is 0 Å². The van der Waals surface area contributed by atoms with Crippen molar-refractivity contribution in [1.29, 1.82) is 0 Å². The molecule has 0 spiro atoms. The lowest BCUT2D eigenvalue weighted by atomic mass is 10.3. The molecule has 0 amide bonds. The third kappa shape index (κ3) is 4.63. The largest absolute Gasteiger partial charge is 0.326 e. The predicted molar refractivity (Wildman–Crippen MR) is 64.3 cm³/mol. The summed E-state index contributed by atoms with van der Waals surface area (Å²) in [4.78, 5) is 7.71. The Morgan fingerprint density at radius 1 is 0.812 bits per heavy atom. The molecule has 4 heteroatoms. The monoisotopic (exact) mass is 216 g/mol. The summed E-state index contributed by atoms with van der Waals surface area (Å²) in [5, 5.41) is 0. The van der Waals surface area contributed by atoms with Crippen LogP contribution in [0.3, 0.4) is 0 Å². The highest BCUT2D eigenvalue weighted by molar-refractivity contribution is 5.08. The van der Waals surface area contributed by atoms with Crippen LogP contribution in [0.25, 0.3) is 0 Å². The molecule has 0 aliphatic rings. The number of rotatable bonds is 2. The molecule has 0 bridgehead atoms. The van der Waals surface area contributed by atoms with Crippen LogP contribution in [-0.2, 0) is 13.1 Å². The first kappa shape index (κ1) is 12.3. The average molecular weight is 216 g/mol. The van der Waals surface area contributed by atoms with Gasteiger partial charge in [-0.15, -0.1) is 0 Å². The fourth-order valence-electron chi connectivity index (χ4n) is 1.04. The van der Waals surface area contributed by atoms with Gasteiger partial charge in [0.2, 0.25) is 0 Å². The van der Waals surface area contributed by atoms with Crippen LogP contribution in [0.5, 0.6) is 0 Å². The molecule has 0 radical (unpaired) electrons. The molecule has 2 rings (SSSR count). The molecule has 0 aromatic carbocycles. The summed E-state index contributed by atoms with van der Waals surface area (Å²) in [7, 11) is 0. The molecule has 0 aliphatic heterocycles. The van der Waals surface area contributed by atoms with Crippen LogP contribution >= 0.6 is 0 Å². The maximum atomic E-state index is 5.32.